The molecular formula is C34H34BrClN4O4S. The van der Waals surface area contributed by atoms with E-state index >= 15 is 4.79 Å². The van der Waals surface area contributed by atoms with Crippen LogP contribution in [0.15, 0.2) is 82.3 Å². The summed E-state index contributed by atoms with van der Waals surface area (Å²) in [7, 11) is 1.53. The minimum atomic E-state index is -1.16. The number of aryl methyl sites for hydroxylation is 1. The maximum Gasteiger partial charge on any atom is 0.407 e. The summed E-state index contributed by atoms with van der Waals surface area (Å²) in [6.07, 6.45) is 2.26. The number of nitrogens with one attached hydrogen (secondary N) is 2. The molecule has 0 saturated carbocycles. The molecule has 2 aliphatic rings. The number of hydrogen-bond donors (Lipinski definition) is 2. The molecule has 234 valence electrons. The summed E-state index contributed by atoms with van der Waals surface area (Å²) in [4.78, 5) is 49.1. The van der Waals surface area contributed by atoms with Crippen molar-refractivity contribution in [3.05, 3.63) is 99.1 Å². The molecule has 3 aromatic carbocycles. The van der Waals surface area contributed by atoms with Gasteiger partial charge in [0.25, 0.3) is 0 Å². The first-order valence-corrected chi connectivity index (χ1v) is 16.9. The number of carbonyl (C=O) groups is 3. The highest BCUT2D eigenvalue weighted by molar-refractivity contribution is 9.10. The standard InChI is InChI=1S/C34H34BrClN4O4S/c1-21-3-10-26(11-4-21)45-34(32(42)39-15-13-25(14-16-39)44-33(43)37-2)18-30(41)40(20-22-5-7-23(35)8-6-22)31(34)28-19-38-29-17-24(36)9-12-27(28)29/h3-12,17,19,25,31,38H,13-16,18,20H2,1-2H3,(H,37,43). The summed E-state index contributed by atoms with van der Waals surface area (Å²) in [6, 6.07) is 21.1. The van der Waals surface area contributed by atoms with Gasteiger partial charge in [-0.3, -0.25) is 9.59 Å². The Labute approximate surface area is 279 Å². The van der Waals surface area contributed by atoms with E-state index in [4.69, 9.17) is 16.3 Å². The number of H-pyrrole nitrogens is 1. The van der Waals surface area contributed by atoms with Gasteiger partial charge in [-0.05, 0) is 48.9 Å². The quantitative estimate of drug-likeness (QED) is 0.211. The number of piperidine rings is 1. The summed E-state index contributed by atoms with van der Waals surface area (Å²) in [5, 5.41) is 4.01. The molecule has 3 amide bonds. The van der Waals surface area contributed by atoms with Crippen LogP contribution in [0.5, 0.6) is 0 Å². The van der Waals surface area contributed by atoms with E-state index in [0.29, 0.717) is 37.5 Å². The van der Waals surface area contributed by atoms with Gasteiger partial charge in [0.15, 0.2) is 0 Å². The molecule has 1 aromatic heterocycles. The van der Waals surface area contributed by atoms with Crippen molar-refractivity contribution >= 4 is 68.1 Å². The third-order valence-corrected chi connectivity index (χ3v) is 10.8. The molecule has 0 spiro atoms. The maximum absolute atomic E-state index is 15.0. The van der Waals surface area contributed by atoms with E-state index < -0.39 is 16.9 Å². The molecular weight excluding hydrogens is 676 g/mol. The number of hydrogen-bond acceptors (Lipinski definition) is 5. The van der Waals surface area contributed by atoms with E-state index in [9.17, 15) is 9.59 Å². The number of halogens is 2. The Morgan fingerprint density at radius 2 is 1.80 bits per heavy atom. The number of fused-ring (bicyclic) bond motifs is 1. The lowest BCUT2D eigenvalue weighted by Crippen LogP contribution is -2.53. The molecule has 2 fully saturated rings. The van der Waals surface area contributed by atoms with E-state index in [1.165, 1.54) is 18.8 Å². The van der Waals surface area contributed by atoms with Crippen LogP contribution in [-0.2, 0) is 20.9 Å². The lowest BCUT2D eigenvalue weighted by Gasteiger charge is -2.41. The number of rotatable bonds is 7. The van der Waals surface area contributed by atoms with Crippen molar-refractivity contribution in [2.75, 3.05) is 20.1 Å². The van der Waals surface area contributed by atoms with E-state index in [0.717, 1.165) is 37.0 Å². The molecule has 0 aliphatic carbocycles. The van der Waals surface area contributed by atoms with Gasteiger partial charge in [0.05, 0.1) is 12.5 Å². The lowest BCUT2D eigenvalue weighted by atomic mass is 9.89. The van der Waals surface area contributed by atoms with E-state index in [-0.39, 0.29) is 24.3 Å². The van der Waals surface area contributed by atoms with Gasteiger partial charge in [-0.25, -0.2) is 4.79 Å². The topological polar surface area (TPSA) is 94.7 Å². The zero-order chi connectivity index (χ0) is 31.7. The number of amides is 3. The highest BCUT2D eigenvalue weighted by atomic mass is 79.9. The van der Waals surface area contributed by atoms with Crippen molar-refractivity contribution in [2.24, 2.45) is 0 Å². The summed E-state index contributed by atoms with van der Waals surface area (Å²) in [5.41, 5.74) is 3.79. The second-order valence-corrected chi connectivity index (χ2v) is 14.4. The van der Waals surface area contributed by atoms with Crippen LogP contribution in [0.25, 0.3) is 10.9 Å². The second kappa shape index (κ2) is 13.1. The van der Waals surface area contributed by atoms with Crippen molar-refractivity contribution in [2.45, 2.75) is 54.5 Å². The number of alkyl carbamates (subject to hydrolysis) is 1. The molecule has 2 N–H and O–H groups in total. The van der Waals surface area contributed by atoms with Gasteiger partial charge in [-0.15, -0.1) is 11.8 Å². The average Bonchev–Trinajstić information content (AvgIpc) is 3.56. The Morgan fingerprint density at radius 3 is 2.49 bits per heavy atom. The van der Waals surface area contributed by atoms with Crippen molar-refractivity contribution in [3.8, 4) is 0 Å². The molecule has 11 heteroatoms. The normalized spacial score (nSPS) is 20.5. The lowest BCUT2D eigenvalue weighted by molar-refractivity contribution is -0.136. The SMILES string of the molecule is CNC(=O)OC1CCN(C(=O)C2(Sc3ccc(C)cc3)CC(=O)N(Cc3ccc(Br)cc3)C2c2c[nH]c3cc(Cl)ccc23)CC1. The zero-order valence-electron chi connectivity index (χ0n) is 25.0. The van der Waals surface area contributed by atoms with E-state index in [1.807, 2.05) is 89.7 Å². The fourth-order valence-corrected chi connectivity index (χ4v) is 8.26. The maximum atomic E-state index is 15.0. The number of thioether (sulfide) groups is 1. The van der Waals surface area contributed by atoms with Crippen molar-refractivity contribution in [1.29, 1.82) is 0 Å². The average molecular weight is 710 g/mol. The monoisotopic (exact) mass is 708 g/mol. The number of ether oxygens (including phenoxy) is 1. The predicted octanol–water partition coefficient (Wildman–Crippen LogP) is 7.24. The summed E-state index contributed by atoms with van der Waals surface area (Å²) >= 11 is 11.3. The van der Waals surface area contributed by atoms with Crippen LogP contribution in [-0.4, -0.2) is 63.7 Å². The Kier molecular flexibility index (Phi) is 9.17. The molecule has 2 aliphatic heterocycles. The molecule has 4 aromatic rings. The third kappa shape index (κ3) is 6.46. The van der Waals surface area contributed by atoms with Gasteiger partial charge in [-0.1, -0.05) is 63.4 Å². The Balaban J connectivity index is 1.45. The fraction of sp³-hybridized carbons (Fsp3) is 0.324. The zero-order valence-corrected chi connectivity index (χ0v) is 28.2. The second-order valence-electron chi connectivity index (χ2n) is 11.6. The Bertz CT molecular complexity index is 1720. The van der Waals surface area contributed by atoms with Crippen LogP contribution in [0.3, 0.4) is 0 Å². The first kappa shape index (κ1) is 31.5. The Morgan fingerprint density at radius 1 is 1.09 bits per heavy atom. The first-order chi connectivity index (χ1) is 21.7. The molecule has 3 heterocycles. The van der Waals surface area contributed by atoms with E-state index in [1.54, 1.807) is 0 Å². The molecule has 2 unspecified atom stereocenters. The largest absolute Gasteiger partial charge is 0.446 e. The number of aromatic nitrogens is 1. The van der Waals surface area contributed by atoms with Gasteiger partial charge in [0, 0.05) is 76.6 Å². The van der Waals surface area contributed by atoms with Crippen molar-refractivity contribution in [3.63, 3.8) is 0 Å². The summed E-state index contributed by atoms with van der Waals surface area (Å²) < 4.78 is 5.29. The number of benzene rings is 3. The minimum Gasteiger partial charge on any atom is -0.446 e. The summed E-state index contributed by atoms with van der Waals surface area (Å²) in [6.45, 7) is 3.23. The molecule has 0 radical (unpaired) electrons. The number of aromatic amines is 1. The smallest absolute Gasteiger partial charge is 0.407 e. The molecule has 2 atom stereocenters. The number of carbonyl (C=O) groups excluding carboxylic acids is 3. The van der Waals surface area contributed by atoms with Gasteiger partial charge >= 0.3 is 6.09 Å². The number of likely N-dealkylation sites (tertiary alicyclic amines) is 2. The molecule has 45 heavy (non-hydrogen) atoms. The predicted molar refractivity (Wildman–Crippen MR) is 180 cm³/mol. The van der Waals surface area contributed by atoms with E-state index in [2.05, 4.69) is 26.2 Å². The molecule has 8 nitrogen and oxygen atoms in total. The summed E-state index contributed by atoms with van der Waals surface area (Å²) in [5.74, 6) is -0.177. The van der Waals surface area contributed by atoms with Crippen LogP contribution in [0.4, 0.5) is 4.79 Å². The Hall–Kier alpha value is -3.47. The highest BCUT2D eigenvalue weighted by Crippen LogP contribution is 2.55. The van der Waals surface area contributed by atoms with Gasteiger partial charge < -0.3 is 24.8 Å². The van der Waals surface area contributed by atoms with Gasteiger partial charge in [-0.2, -0.15) is 0 Å². The van der Waals surface area contributed by atoms with Crippen LogP contribution < -0.4 is 5.32 Å². The minimum absolute atomic E-state index is 0.0422. The van der Waals surface area contributed by atoms with Crippen molar-refractivity contribution < 1.29 is 19.1 Å². The highest BCUT2D eigenvalue weighted by Gasteiger charge is 2.60. The van der Waals surface area contributed by atoms with Gasteiger partial charge in [0.2, 0.25) is 11.8 Å². The first-order valence-electron chi connectivity index (χ1n) is 14.9. The fourth-order valence-electron chi connectivity index (χ4n) is 6.35. The van der Waals surface area contributed by atoms with Gasteiger partial charge in [0.1, 0.15) is 10.9 Å². The van der Waals surface area contributed by atoms with Crippen LogP contribution in [0, 0.1) is 6.92 Å². The van der Waals surface area contributed by atoms with Crippen LogP contribution in [0.1, 0.15) is 42.0 Å². The number of nitrogens with zero attached hydrogens (tertiary/aromatic N) is 2. The molecule has 0 bridgehead atoms. The van der Waals surface area contributed by atoms with Crippen LogP contribution >= 0.6 is 39.3 Å². The van der Waals surface area contributed by atoms with Crippen molar-refractivity contribution in [1.82, 2.24) is 20.1 Å². The molecule has 6 rings (SSSR count). The van der Waals surface area contributed by atoms with Crippen LogP contribution in [0.2, 0.25) is 5.02 Å². The third-order valence-electron chi connectivity index (χ3n) is 8.61. The molecule has 2 saturated heterocycles.